The lowest BCUT2D eigenvalue weighted by atomic mass is 10.0. The van der Waals surface area contributed by atoms with Crippen LogP contribution in [0.4, 0.5) is 5.69 Å². The van der Waals surface area contributed by atoms with E-state index in [0.717, 1.165) is 24.4 Å². The summed E-state index contributed by atoms with van der Waals surface area (Å²) < 4.78 is 7.70. The van der Waals surface area contributed by atoms with Gasteiger partial charge in [0.15, 0.2) is 5.75 Å². The molecule has 17 heavy (non-hydrogen) atoms. The first-order valence-electron chi connectivity index (χ1n) is 5.85. The molecule has 88 valence electrons. The van der Waals surface area contributed by atoms with Gasteiger partial charge >= 0.3 is 6.01 Å². The number of imidazole rings is 1. The van der Waals surface area contributed by atoms with Gasteiger partial charge in [-0.3, -0.25) is 0 Å². The Balaban J connectivity index is 1.95. The first-order valence-corrected chi connectivity index (χ1v) is 5.85. The maximum absolute atomic E-state index is 5.84. The number of nitrogens with one attached hydrogen (secondary N) is 1. The molecule has 4 heteroatoms. The van der Waals surface area contributed by atoms with Crippen LogP contribution < -0.4 is 10.1 Å². The number of hydrogen-bond donors (Lipinski definition) is 1. The Hall–Kier alpha value is -1.97. The van der Waals surface area contributed by atoms with Crippen LogP contribution in [0.1, 0.15) is 12.0 Å². The van der Waals surface area contributed by atoms with Crippen LogP contribution in [0, 0.1) is 0 Å². The van der Waals surface area contributed by atoms with E-state index in [1.807, 2.05) is 29.9 Å². The second kappa shape index (κ2) is 4.13. The maximum atomic E-state index is 5.84. The van der Waals surface area contributed by atoms with Gasteiger partial charge in [0.2, 0.25) is 0 Å². The number of benzene rings is 1. The summed E-state index contributed by atoms with van der Waals surface area (Å²) in [7, 11) is 1.92. The van der Waals surface area contributed by atoms with Crippen molar-refractivity contribution in [1.29, 1.82) is 0 Å². The standard InChI is InChI=1S/C13H15N3O/c1-16-9-8-15-13(16)17-11-6-2-4-10-5-3-7-14-12(10)11/h2,4,6,8-9,14H,3,5,7H2,1H3. The number of ether oxygens (including phenoxy) is 1. The third kappa shape index (κ3) is 1.86. The normalized spacial score (nSPS) is 13.9. The fourth-order valence-electron chi connectivity index (χ4n) is 2.11. The number of aromatic nitrogens is 2. The lowest BCUT2D eigenvalue weighted by Gasteiger charge is -2.20. The zero-order chi connectivity index (χ0) is 11.7. The van der Waals surface area contributed by atoms with Crippen LogP contribution in [0.15, 0.2) is 30.6 Å². The van der Waals surface area contributed by atoms with E-state index >= 15 is 0 Å². The number of aryl methyl sites for hydroxylation is 2. The van der Waals surface area contributed by atoms with Crippen LogP contribution >= 0.6 is 0 Å². The quantitative estimate of drug-likeness (QED) is 0.860. The van der Waals surface area contributed by atoms with Gasteiger partial charge in [-0.2, -0.15) is 0 Å². The van der Waals surface area contributed by atoms with E-state index in [2.05, 4.69) is 16.4 Å². The fourth-order valence-corrected chi connectivity index (χ4v) is 2.11. The minimum absolute atomic E-state index is 0.616. The van der Waals surface area contributed by atoms with Gasteiger partial charge in [0.1, 0.15) is 0 Å². The highest BCUT2D eigenvalue weighted by molar-refractivity contribution is 5.63. The number of rotatable bonds is 2. The topological polar surface area (TPSA) is 39.1 Å². The molecule has 0 bridgehead atoms. The Morgan fingerprint density at radius 3 is 3.18 bits per heavy atom. The molecular formula is C13H15N3O. The number of para-hydroxylation sites is 1. The summed E-state index contributed by atoms with van der Waals surface area (Å²) in [4.78, 5) is 4.17. The average Bonchev–Trinajstić information content (AvgIpc) is 2.76. The molecule has 0 atom stereocenters. The van der Waals surface area contributed by atoms with E-state index in [0.29, 0.717) is 6.01 Å². The Morgan fingerprint density at radius 1 is 1.41 bits per heavy atom. The molecule has 0 saturated carbocycles. The van der Waals surface area contributed by atoms with E-state index in [9.17, 15) is 0 Å². The molecule has 0 amide bonds. The Morgan fingerprint density at radius 2 is 2.35 bits per heavy atom. The molecule has 0 spiro atoms. The Kier molecular flexibility index (Phi) is 2.48. The van der Waals surface area contributed by atoms with Crippen LogP contribution in [0.2, 0.25) is 0 Å². The molecule has 4 nitrogen and oxygen atoms in total. The molecule has 1 aliphatic heterocycles. The Labute approximate surface area is 100 Å². The molecule has 0 fully saturated rings. The number of nitrogens with zero attached hydrogens (tertiary/aromatic N) is 2. The summed E-state index contributed by atoms with van der Waals surface area (Å²) in [6, 6.07) is 6.77. The van der Waals surface area contributed by atoms with Crippen LogP contribution in [0.5, 0.6) is 11.8 Å². The molecule has 1 N–H and O–H groups in total. The molecular weight excluding hydrogens is 214 g/mol. The van der Waals surface area contributed by atoms with Crippen molar-refractivity contribution in [3.8, 4) is 11.8 Å². The molecule has 0 unspecified atom stereocenters. The second-order valence-electron chi connectivity index (χ2n) is 4.24. The number of fused-ring (bicyclic) bond motifs is 1. The molecule has 0 aliphatic carbocycles. The van der Waals surface area contributed by atoms with Gasteiger partial charge in [0, 0.05) is 26.0 Å². The summed E-state index contributed by atoms with van der Waals surface area (Å²) >= 11 is 0. The van der Waals surface area contributed by atoms with Gasteiger partial charge in [-0.15, -0.1) is 0 Å². The van der Waals surface area contributed by atoms with Crippen molar-refractivity contribution >= 4 is 5.69 Å². The Bertz CT molecular complexity index is 533. The second-order valence-corrected chi connectivity index (χ2v) is 4.24. The number of hydrogen-bond acceptors (Lipinski definition) is 3. The SMILES string of the molecule is Cn1ccnc1Oc1cccc2c1NCCC2. The van der Waals surface area contributed by atoms with Crippen LogP contribution in [0.25, 0.3) is 0 Å². The van der Waals surface area contributed by atoms with Gasteiger partial charge in [-0.1, -0.05) is 12.1 Å². The lowest BCUT2D eigenvalue weighted by Crippen LogP contribution is -2.12. The van der Waals surface area contributed by atoms with Crippen molar-refractivity contribution in [3.05, 3.63) is 36.2 Å². The van der Waals surface area contributed by atoms with E-state index in [-0.39, 0.29) is 0 Å². The van der Waals surface area contributed by atoms with E-state index in [4.69, 9.17) is 4.74 Å². The van der Waals surface area contributed by atoms with Crippen molar-refractivity contribution in [2.75, 3.05) is 11.9 Å². The minimum atomic E-state index is 0.616. The van der Waals surface area contributed by atoms with Crippen LogP contribution in [-0.4, -0.2) is 16.1 Å². The third-order valence-corrected chi connectivity index (χ3v) is 3.02. The molecule has 2 heterocycles. The van der Waals surface area contributed by atoms with Crippen molar-refractivity contribution in [2.45, 2.75) is 12.8 Å². The smallest absolute Gasteiger partial charge is 0.301 e. The zero-order valence-corrected chi connectivity index (χ0v) is 9.81. The summed E-state index contributed by atoms with van der Waals surface area (Å²) in [6.45, 7) is 1.01. The summed E-state index contributed by atoms with van der Waals surface area (Å²) in [5, 5.41) is 3.40. The first kappa shape index (κ1) is 10.2. The summed E-state index contributed by atoms with van der Waals surface area (Å²) in [6.07, 6.45) is 5.90. The predicted octanol–water partition coefficient (Wildman–Crippen LogP) is 2.57. The van der Waals surface area contributed by atoms with Gasteiger partial charge in [0.25, 0.3) is 0 Å². The van der Waals surface area contributed by atoms with Crippen molar-refractivity contribution < 1.29 is 4.74 Å². The third-order valence-electron chi connectivity index (χ3n) is 3.02. The molecule has 1 aromatic heterocycles. The van der Waals surface area contributed by atoms with E-state index in [1.165, 1.54) is 12.0 Å². The van der Waals surface area contributed by atoms with Gasteiger partial charge in [-0.05, 0) is 24.5 Å². The number of anilines is 1. The largest absolute Gasteiger partial charge is 0.423 e. The fraction of sp³-hybridized carbons (Fsp3) is 0.308. The van der Waals surface area contributed by atoms with E-state index in [1.54, 1.807) is 6.20 Å². The minimum Gasteiger partial charge on any atom is -0.423 e. The molecule has 0 radical (unpaired) electrons. The highest BCUT2D eigenvalue weighted by Crippen LogP contribution is 2.34. The van der Waals surface area contributed by atoms with Gasteiger partial charge < -0.3 is 14.6 Å². The lowest BCUT2D eigenvalue weighted by molar-refractivity contribution is 0.425. The highest BCUT2D eigenvalue weighted by atomic mass is 16.5. The summed E-state index contributed by atoms with van der Waals surface area (Å²) in [5.41, 5.74) is 2.43. The van der Waals surface area contributed by atoms with Crippen molar-refractivity contribution in [1.82, 2.24) is 9.55 Å². The first-order chi connectivity index (χ1) is 8.34. The average molecular weight is 229 g/mol. The predicted molar refractivity (Wildman–Crippen MR) is 66.5 cm³/mol. The van der Waals surface area contributed by atoms with Crippen molar-refractivity contribution in [3.63, 3.8) is 0 Å². The monoisotopic (exact) mass is 229 g/mol. The molecule has 1 aromatic carbocycles. The highest BCUT2D eigenvalue weighted by Gasteiger charge is 2.14. The van der Waals surface area contributed by atoms with E-state index < -0.39 is 0 Å². The molecule has 1 aliphatic rings. The summed E-state index contributed by atoms with van der Waals surface area (Å²) in [5.74, 6) is 0.858. The zero-order valence-electron chi connectivity index (χ0n) is 9.81. The van der Waals surface area contributed by atoms with Gasteiger partial charge in [0.05, 0.1) is 5.69 Å². The van der Waals surface area contributed by atoms with Crippen molar-refractivity contribution in [2.24, 2.45) is 7.05 Å². The molecule has 0 saturated heterocycles. The maximum Gasteiger partial charge on any atom is 0.301 e. The molecule has 3 rings (SSSR count). The van der Waals surface area contributed by atoms with Gasteiger partial charge in [-0.25, -0.2) is 4.98 Å². The van der Waals surface area contributed by atoms with Crippen LogP contribution in [0.3, 0.4) is 0 Å². The van der Waals surface area contributed by atoms with Crippen LogP contribution in [-0.2, 0) is 13.5 Å². The molecule has 2 aromatic rings.